The second-order valence-corrected chi connectivity index (χ2v) is 7.74. The van der Waals surface area contributed by atoms with Gasteiger partial charge >= 0.3 is 0 Å². The van der Waals surface area contributed by atoms with Gasteiger partial charge in [-0.15, -0.1) is 11.6 Å². The highest BCUT2D eigenvalue weighted by Gasteiger charge is 2.23. The lowest BCUT2D eigenvalue weighted by Gasteiger charge is -2.24. The molecule has 1 aliphatic rings. The topological polar surface area (TPSA) is 58.5 Å². The van der Waals surface area contributed by atoms with Crippen molar-refractivity contribution in [2.75, 3.05) is 0 Å². The van der Waals surface area contributed by atoms with Crippen LogP contribution in [0.4, 0.5) is 0 Å². The molecule has 1 aromatic rings. The Morgan fingerprint density at radius 2 is 1.86 bits per heavy atom. The minimum atomic E-state index is -3.57. The second-order valence-electron chi connectivity index (χ2n) is 5.50. The Kier molecular flexibility index (Phi) is 5.27. The fourth-order valence-corrected chi connectivity index (χ4v) is 3.85. The number of alkyl halides is 1. The number of amidine groups is 1. The average Bonchev–Trinajstić information content (AvgIpc) is 2.41. The fraction of sp³-hybridized carbons (Fsp3) is 0.533. The van der Waals surface area contributed by atoms with E-state index >= 15 is 0 Å². The molecule has 0 aliphatic heterocycles. The largest absolute Gasteiger partial charge is 0.267 e. The maximum absolute atomic E-state index is 12.3. The third-order valence-corrected chi connectivity index (χ3v) is 5.59. The molecule has 1 aliphatic carbocycles. The van der Waals surface area contributed by atoms with Crippen molar-refractivity contribution in [2.45, 2.75) is 55.8 Å². The number of sulfonamides is 1. The summed E-state index contributed by atoms with van der Waals surface area (Å²) in [5.74, 6) is 0.396. The van der Waals surface area contributed by atoms with Crippen molar-refractivity contribution in [3.63, 3.8) is 0 Å². The van der Waals surface area contributed by atoms with E-state index < -0.39 is 10.0 Å². The number of aliphatic imine (C=N–C) groups is 1. The monoisotopic (exact) mass is 328 g/mol. The van der Waals surface area contributed by atoms with Gasteiger partial charge in [-0.25, -0.2) is 8.42 Å². The average molecular weight is 329 g/mol. The van der Waals surface area contributed by atoms with Gasteiger partial charge in [0.05, 0.1) is 16.3 Å². The smallest absolute Gasteiger partial charge is 0.262 e. The van der Waals surface area contributed by atoms with Gasteiger partial charge in [0.25, 0.3) is 10.0 Å². The number of halogens is 1. The maximum atomic E-state index is 12.3. The maximum Gasteiger partial charge on any atom is 0.262 e. The molecule has 6 heteroatoms. The molecule has 0 unspecified atom stereocenters. The minimum Gasteiger partial charge on any atom is -0.267 e. The van der Waals surface area contributed by atoms with Gasteiger partial charge in [-0.2, -0.15) is 0 Å². The van der Waals surface area contributed by atoms with Crippen LogP contribution in [-0.2, 0) is 10.0 Å². The zero-order valence-corrected chi connectivity index (χ0v) is 13.9. The van der Waals surface area contributed by atoms with Gasteiger partial charge < -0.3 is 0 Å². The molecule has 1 fully saturated rings. The Morgan fingerprint density at radius 3 is 2.48 bits per heavy atom. The molecule has 0 aromatic heterocycles. The van der Waals surface area contributed by atoms with Gasteiger partial charge in [-0.1, -0.05) is 30.5 Å². The molecule has 0 saturated heterocycles. The highest BCUT2D eigenvalue weighted by molar-refractivity contribution is 7.90. The fourth-order valence-electron chi connectivity index (χ4n) is 2.46. The van der Waals surface area contributed by atoms with E-state index in [4.69, 9.17) is 11.6 Å². The van der Waals surface area contributed by atoms with Gasteiger partial charge in [0.2, 0.25) is 0 Å². The summed E-state index contributed by atoms with van der Waals surface area (Å²) in [6.45, 7) is 3.59. The summed E-state index contributed by atoms with van der Waals surface area (Å²) in [5.41, 5.74) is 1.02. The molecule has 0 radical (unpaired) electrons. The first-order valence-corrected chi connectivity index (χ1v) is 9.08. The summed E-state index contributed by atoms with van der Waals surface area (Å²) in [4.78, 5) is 4.68. The number of nitrogens with one attached hydrogen (secondary N) is 1. The predicted molar refractivity (Wildman–Crippen MR) is 86.5 cm³/mol. The van der Waals surface area contributed by atoms with E-state index in [1.165, 1.54) is 0 Å². The van der Waals surface area contributed by atoms with Crippen LogP contribution in [0.3, 0.4) is 0 Å². The Bertz CT molecular complexity index is 611. The van der Waals surface area contributed by atoms with Gasteiger partial charge in [0, 0.05) is 0 Å². The van der Waals surface area contributed by atoms with E-state index in [0.29, 0.717) is 5.84 Å². The summed E-state index contributed by atoms with van der Waals surface area (Å²) in [6.07, 6.45) is 4.06. The van der Waals surface area contributed by atoms with Gasteiger partial charge in [0.15, 0.2) is 0 Å². The first-order chi connectivity index (χ1) is 9.88. The molecule has 1 saturated carbocycles. The van der Waals surface area contributed by atoms with Crippen LogP contribution < -0.4 is 4.72 Å². The van der Waals surface area contributed by atoms with E-state index in [1.807, 2.05) is 6.92 Å². The van der Waals surface area contributed by atoms with Crippen molar-refractivity contribution in [1.82, 2.24) is 4.72 Å². The first-order valence-electron chi connectivity index (χ1n) is 7.16. The van der Waals surface area contributed by atoms with Crippen LogP contribution >= 0.6 is 11.6 Å². The minimum absolute atomic E-state index is 0.00105. The molecule has 2 atom stereocenters. The SMILES string of the molecule is CC(=N[C@@H]1CCCC[C@H]1Cl)NS(=O)(=O)c1ccc(C)cc1. The van der Waals surface area contributed by atoms with Crippen molar-refractivity contribution >= 4 is 27.5 Å². The molecule has 0 heterocycles. The van der Waals surface area contributed by atoms with Crippen LogP contribution in [0, 0.1) is 6.92 Å². The summed E-state index contributed by atoms with van der Waals surface area (Å²) in [5, 5.41) is -0.00224. The van der Waals surface area contributed by atoms with Crippen LogP contribution in [0.2, 0.25) is 0 Å². The van der Waals surface area contributed by atoms with Gasteiger partial charge in [-0.3, -0.25) is 9.71 Å². The van der Waals surface area contributed by atoms with Crippen LogP contribution in [-0.4, -0.2) is 25.7 Å². The van der Waals surface area contributed by atoms with Crippen LogP contribution in [0.15, 0.2) is 34.2 Å². The number of rotatable bonds is 3. The standard InChI is InChI=1S/C15H21ClN2O2S/c1-11-7-9-13(10-8-11)21(19,20)18-12(2)17-15-6-4-3-5-14(15)16/h7-10,14-15H,3-6H2,1-2H3,(H,17,18)/t14-,15-/m1/s1. The van der Waals surface area contributed by atoms with E-state index in [9.17, 15) is 8.42 Å². The normalized spacial score (nSPS) is 23.9. The zero-order valence-electron chi connectivity index (χ0n) is 12.3. The van der Waals surface area contributed by atoms with Crippen LogP contribution in [0.1, 0.15) is 38.2 Å². The molecule has 116 valence electrons. The van der Waals surface area contributed by atoms with Crippen molar-refractivity contribution in [3.8, 4) is 0 Å². The van der Waals surface area contributed by atoms with E-state index in [0.717, 1.165) is 31.2 Å². The molecule has 2 rings (SSSR count). The van der Waals surface area contributed by atoms with E-state index in [1.54, 1.807) is 31.2 Å². The van der Waals surface area contributed by atoms with E-state index in [2.05, 4.69) is 9.71 Å². The molecule has 4 nitrogen and oxygen atoms in total. The first kappa shape index (κ1) is 16.3. The Hall–Kier alpha value is -1.07. The van der Waals surface area contributed by atoms with Crippen molar-refractivity contribution in [3.05, 3.63) is 29.8 Å². The van der Waals surface area contributed by atoms with Crippen molar-refractivity contribution in [2.24, 2.45) is 4.99 Å². The second kappa shape index (κ2) is 6.79. The van der Waals surface area contributed by atoms with Crippen LogP contribution in [0.25, 0.3) is 0 Å². The van der Waals surface area contributed by atoms with Crippen molar-refractivity contribution in [1.29, 1.82) is 0 Å². The number of nitrogens with zero attached hydrogens (tertiary/aromatic N) is 1. The lowest BCUT2D eigenvalue weighted by atomic mass is 9.95. The highest BCUT2D eigenvalue weighted by Crippen LogP contribution is 2.25. The summed E-state index contributed by atoms with van der Waals surface area (Å²) in [7, 11) is -3.57. The predicted octanol–water partition coefficient (Wildman–Crippen LogP) is 3.24. The molecular weight excluding hydrogens is 308 g/mol. The number of hydrogen-bond donors (Lipinski definition) is 1. The quantitative estimate of drug-likeness (QED) is 0.526. The van der Waals surface area contributed by atoms with Crippen LogP contribution in [0.5, 0.6) is 0 Å². The highest BCUT2D eigenvalue weighted by atomic mass is 35.5. The number of benzene rings is 1. The van der Waals surface area contributed by atoms with Crippen molar-refractivity contribution < 1.29 is 8.42 Å². The zero-order chi connectivity index (χ0) is 15.5. The molecule has 0 spiro atoms. The molecule has 0 amide bonds. The van der Waals surface area contributed by atoms with Gasteiger partial charge in [0.1, 0.15) is 5.84 Å². The molecule has 1 aromatic carbocycles. The molecule has 1 N–H and O–H groups in total. The molecular formula is C15H21ClN2O2S. The Labute approximate surface area is 131 Å². The van der Waals surface area contributed by atoms with E-state index in [-0.39, 0.29) is 16.3 Å². The number of hydrogen-bond acceptors (Lipinski definition) is 3. The Balaban J connectivity index is 2.10. The summed E-state index contributed by atoms with van der Waals surface area (Å²) in [6, 6.07) is 6.74. The summed E-state index contributed by atoms with van der Waals surface area (Å²) >= 11 is 6.25. The molecule has 0 bridgehead atoms. The lowest BCUT2D eigenvalue weighted by molar-refractivity contribution is 0.449. The third kappa shape index (κ3) is 4.45. The summed E-state index contributed by atoms with van der Waals surface area (Å²) < 4.78 is 27.0. The number of aryl methyl sites for hydroxylation is 1. The van der Waals surface area contributed by atoms with Gasteiger partial charge in [-0.05, 0) is 38.8 Å². The Morgan fingerprint density at radius 1 is 1.24 bits per heavy atom. The lowest BCUT2D eigenvalue weighted by Crippen LogP contribution is -2.32. The third-order valence-electron chi connectivity index (χ3n) is 3.62. The molecule has 21 heavy (non-hydrogen) atoms.